The van der Waals surface area contributed by atoms with E-state index in [2.05, 4.69) is 4.98 Å². The number of nitro benzene ring substituents is 1. The molecule has 0 saturated heterocycles. The predicted octanol–water partition coefficient (Wildman–Crippen LogP) is 4.63. The van der Waals surface area contributed by atoms with Crippen molar-refractivity contribution in [2.24, 2.45) is 0 Å². The Morgan fingerprint density at radius 1 is 1.17 bits per heavy atom. The number of rotatable bonds is 5. The minimum absolute atomic E-state index is 0.0280. The Bertz CT molecular complexity index is 867. The van der Waals surface area contributed by atoms with Crippen LogP contribution in [0.2, 0.25) is 0 Å². The lowest BCUT2D eigenvalue weighted by Crippen LogP contribution is -2.00. The molecule has 0 aliphatic heterocycles. The van der Waals surface area contributed by atoms with E-state index in [1.54, 1.807) is 42.5 Å². The van der Waals surface area contributed by atoms with Gasteiger partial charge in [0.05, 0.1) is 16.0 Å². The minimum atomic E-state index is -2.73. The van der Waals surface area contributed by atoms with E-state index in [1.807, 2.05) is 0 Å². The fourth-order valence-electron chi connectivity index (χ4n) is 2.27. The summed E-state index contributed by atoms with van der Waals surface area (Å²) in [5.74, 6) is 0.188. The molecule has 3 rings (SSSR count). The van der Waals surface area contributed by atoms with Crippen molar-refractivity contribution in [1.29, 1.82) is 0 Å². The van der Waals surface area contributed by atoms with Crippen molar-refractivity contribution in [2.45, 2.75) is 17.5 Å². The largest absolute Gasteiger partial charge is 0.321 e. The number of alkyl halides is 2. The Balaban J connectivity index is 1.94. The van der Waals surface area contributed by atoms with Crippen molar-refractivity contribution >= 4 is 28.5 Å². The first-order valence-corrected chi connectivity index (χ1v) is 7.66. The molecule has 0 saturated carbocycles. The van der Waals surface area contributed by atoms with E-state index in [1.165, 1.54) is 6.07 Å². The Hall–Kier alpha value is -2.48. The SMILES string of the molecule is O=[N+]([O-])c1ccccc1CSc1nc2ccccc2n1C(F)F. The fraction of sp³-hybridized carbons (Fsp3) is 0.133. The van der Waals surface area contributed by atoms with Gasteiger partial charge in [-0.2, -0.15) is 8.78 Å². The third-order valence-electron chi connectivity index (χ3n) is 3.30. The van der Waals surface area contributed by atoms with Crippen LogP contribution in [0.15, 0.2) is 53.7 Å². The first kappa shape index (κ1) is 15.4. The number of imidazole rings is 1. The number of thioether (sulfide) groups is 1. The van der Waals surface area contributed by atoms with Crippen molar-refractivity contribution in [3.63, 3.8) is 0 Å². The first-order chi connectivity index (χ1) is 11.1. The summed E-state index contributed by atoms with van der Waals surface area (Å²) in [7, 11) is 0. The van der Waals surface area contributed by atoms with E-state index in [-0.39, 0.29) is 16.6 Å². The molecule has 2 aromatic carbocycles. The second-order valence-corrected chi connectivity index (χ2v) is 5.65. The van der Waals surface area contributed by atoms with Gasteiger partial charge in [-0.15, -0.1) is 0 Å². The van der Waals surface area contributed by atoms with Gasteiger partial charge < -0.3 is 0 Å². The maximum atomic E-state index is 13.3. The maximum Gasteiger partial charge on any atom is 0.321 e. The second-order valence-electron chi connectivity index (χ2n) is 4.71. The van der Waals surface area contributed by atoms with E-state index in [4.69, 9.17) is 0 Å². The Morgan fingerprint density at radius 3 is 2.61 bits per heavy atom. The number of fused-ring (bicyclic) bond motifs is 1. The molecule has 3 aromatic rings. The summed E-state index contributed by atoms with van der Waals surface area (Å²) in [6.45, 7) is -2.73. The van der Waals surface area contributed by atoms with Crippen molar-refractivity contribution in [3.05, 3.63) is 64.2 Å². The average Bonchev–Trinajstić information content (AvgIpc) is 2.91. The van der Waals surface area contributed by atoms with Gasteiger partial charge in [0, 0.05) is 17.4 Å². The smallest absolute Gasteiger partial charge is 0.261 e. The standard InChI is InChI=1S/C15H11F2N3O2S/c16-14(17)19-13-8-4-2-6-11(13)18-15(19)23-9-10-5-1-3-7-12(10)20(21)22/h1-8,14H,9H2. The van der Waals surface area contributed by atoms with Crippen LogP contribution in [-0.4, -0.2) is 14.5 Å². The lowest BCUT2D eigenvalue weighted by atomic mass is 10.2. The van der Waals surface area contributed by atoms with Gasteiger partial charge in [-0.3, -0.25) is 14.7 Å². The van der Waals surface area contributed by atoms with Crippen LogP contribution < -0.4 is 0 Å². The molecule has 23 heavy (non-hydrogen) atoms. The van der Waals surface area contributed by atoms with Gasteiger partial charge >= 0.3 is 6.55 Å². The van der Waals surface area contributed by atoms with Crippen LogP contribution in [0.5, 0.6) is 0 Å². The van der Waals surface area contributed by atoms with E-state index in [0.29, 0.717) is 16.6 Å². The summed E-state index contributed by atoms with van der Waals surface area (Å²) in [6.07, 6.45) is 0. The van der Waals surface area contributed by atoms with Crippen LogP contribution in [0.4, 0.5) is 14.5 Å². The maximum absolute atomic E-state index is 13.3. The highest BCUT2D eigenvalue weighted by atomic mass is 32.2. The van der Waals surface area contributed by atoms with E-state index in [0.717, 1.165) is 16.3 Å². The van der Waals surface area contributed by atoms with Crippen LogP contribution in [0.25, 0.3) is 11.0 Å². The zero-order valence-electron chi connectivity index (χ0n) is 11.7. The Morgan fingerprint density at radius 2 is 1.87 bits per heavy atom. The first-order valence-electron chi connectivity index (χ1n) is 6.68. The number of nitro groups is 1. The van der Waals surface area contributed by atoms with Gasteiger partial charge in [0.1, 0.15) is 0 Å². The monoisotopic (exact) mass is 335 g/mol. The van der Waals surface area contributed by atoms with Crippen LogP contribution in [0.3, 0.4) is 0 Å². The molecule has 5 nitrogen and oxygen atoms in total. The molecule has 0 aliphatic rings. The summed E-state index contributed by atoms with van der Waals surface area (Å²) in [4.78, 5) is 14.7. The number of hydrogen-bond acceptors (Lipinski definition) is 4. The fourth-order valence-corrected chi connectivity index (χ4v) is 3.27. The highest BCUT2D eigenvalue weighted by molar-refractivity contribution is 7.98. The van der Waals surface area contributed by atoms with Crippen molar-refractivity contribution < 1.29 is 13.7 Å². The van der Waals surface area contributed by atoms with Gasteiger partial charge in [0.15, 0.2) is 5.16 Å². The molecule has 0 spiro atoms. The van der Waals surface area contributed by atoms with Gasteiger partial charge in [0.2, 0.25) is 0 Å². The molecule has 0 radical (unpaired) electrons. The molecule has 0 unspecified atom stereocenters. The third kappa shape index (κ3) is 3.02. The van der Waals surface area contributed by atoms with Gasteiger partial charge in [-0.25, -0.2) is 4.98 Å². The number of benzene rings is 2. The zero-order valence-corrected chi connectivity index (χ0v) is 12.5. The average molecular weight is 335 g/mol. The number of aromatic nitrogens is 2. The van der Waals surface area contributed by atoms with Gasteiger partial charge in [0.25, 0.3) is 5.69 Å². The number of hydrogen-bond donors (Lipinski definition) is 0. The summed E-state index contributed by atoms with van der Waals surface area (Å²) in [5.41, 5.74) is 1.25. The zero-order chi connectivity index (χ0) is 16.4. The quantitative estimate of drug-likeness (QED) is 0.387. The lowest BCUT2D eigenvalue weighted by molar-refractivity contribution is -0.385. The molecule has 118 valence electrons. The number of para-hydroxylation sites is 3. The summed E-state index contributed by atoms with van der Waals surface area (Å²) < 4.78 is 27.5. The van der Waals surface area contributed by atoms with Crippen molar-refractivity contribution in [2.75, 3.05) is 0 Å². The van der Waals surface area contributed by atoms with E-state index >= 15 is 0 Å². The van der Waals surface area contributed by atoms with Crippen molar-refractivity contribution in [3.8, 4) is 0 Å². The van der Waals surface area contributed by atoms with Gasteiger partial charge in [-0.05, 0) is 12.1 Å². The minimum Gasteiger partial charge on any atom is -0.261 e. The molecule has 0 N–H and O–H groups in total. The topological polar surface area (TPSA) is 61.0 Å². The second kappa shape index (κ2) is 6.33. The summed E-state index contributed by atoms with van der Waals surface area (Å²) in [6, 6.07) is 12.9. The molecule has 0 bridgehead atoms. The van der Waals surface area contributed by atoms with Crippen LogP contribution >= 0.6 is 11.8 Å². The molecule has 0 fully saturated rings. The molecule has 1 aromatic heterocycles. The van der Waals surface area contributed by atoms with Crippen LogP contribution in [0, 0.1) is 10.1 Å². The number of nitrogens with zero attached hydrogens (tertiary/aromatic N) is 3. The normalized spacial score (nSPS) is 11.3. The molecular formula is C15H11F2N3O2S. The van der Waals surface area contributed by atoms with Crippen LogP contribution in [-0.2, 0) is 5.75 Å². The van der Waals surface area contributed by atoms with E-state index < -0.39 is 11.5 Å². The molecule has 0 amide bonds. The molecular weight excluding hydrogens is 324 g/mol. The Kier molecular flexibility index (Phi) is 4.24. The number of halogens is 2. The van der Waals surface area contributed by atoms with Gasteiger partial charge in [-0.1, -0.05) is 42.1 Å². The Labute approximate surface area is 134 Å². The highest BCUT2D eigenvalue weighted by Crippen LogP contribution is 2.32. The third-order valence-corrected chi connectivity index (χ3v) is 4.31. The summed E-state index contributed by atoms with van der Waals surface area (Å²) >= 11 is 1.05. The lowest BCUT2D eigenvalue weighted by Gasteiger charge is -2.07. The van der Waals surface area contributed by atoms with Crippen molar-refractivity contribution in [1.82, 2.24) is 9.55 Å². The molecule has 8 heteroatoms. The molecule has 0 aliphatic carbocycles. The molecule has 0 atom stereocenters. The highest BCUT2D eigenvalue weighted by Gasteiger charge is 2.19. The summed E-state index contributed by atoms with van der Waals surface area (Å²) in [5, 5.41) is 11.1. The van der Waals surface area contributed by atoms with E-state index in [9.17, 15) is 18.9 Å². The predicted molar refractivity (Wildman–Crippen MR) is 83.6 cm³/mol. The molecule has 1 heterocycles. The van der Waals surface area contributed by atoms with Crippen LogP contribution in [0.1, 0.15) is 12.1 Å².